The molecule has 1 aliphatic heterocycles. The highest BCUT2D eigenvalue weighted by molar-refractivity contribution is 7.48. The number of carboxylic acids is 1. The molecule has 9 heteroatoms. The number of hydrogen-bond acceptors (Lipinski definition) is 7. The molecule has 1 aliphatic rings. The molecule has 1 heterocycles. The minimum Gasteiger partial charge on any atom is -0.477 e. The zero-order valence-corrected chi connectivity index (χ0v) is 21.6. The summed E-state index contributed by atoms with van der Waals surface area (Å²) in [6.07, 6.45) is 0.795. The molecular formula is C22H43N2O6P. The highest BCUT2D eigenvalue weighted by atomic mass is 31.2. The number of rotatable bonds is 11. The first-order valence-corrected chi connectivity index (χ1v) is 12.7. The van der Waals surface area contributed by atoms with Gasteiger partial charge >= 0.3 is 13.8 Å². The molecule has 1 atom stereocenters. The van der Waals surface area contributed by atoms with Gasteiger partial charge < -0.3 is 5.11 Å². The van der Waals surface area contributed by atoms with E-state index in [4.69, 9.17) is 13.6 Å². The highest BCUT2D eigenvalue weighted by Gasteiger charge is 2.38. The van der Waals surface area contributed by atoms with Gasteiger partial charge in [0.1, 0.15) is 12.4 Å². The van der Waals surface area contributed by atoms with E-state index in [-0.39, 0.29) is 54.7 Å². The number of aliphatic carboxylic acids is 1. The van der Waals surface area contributed by atoms with Gasteiger partial charge in [0.25, 0.3) is 0 Å². The number of hydrogen-bond donors (Lipinski definition) is 2. The van der Waals surface area contributed by atoms with E-state index in [1.807, 2.05) is 48.5 Å². The van der Waals surface area contributed by atoms with Crippen molar-refractivity contribution in [3.05, 3.63) is 11.3 Å². The first kappa shape index (κ1) is 28.1. The van der Waals surface area contributed by atoms with Gasteiger partial charge in [-0.1, -0.05) is 62.3 Å². The largest absolute Gasteiger partial charge is 0.477 e. The molecule has 31 heavy (non-hydrogen) atoms. The molecule has 0 saturated heterocycles. The molecule has 0 bridgehead atoms. The van der Waals surface area contributed by atoms with Crippen LogP contribution in [0.2, 0.25) is 0 Å². The predicted octanol–water partition coefficient (Wildman–Crippen LogP) is 5.28. The smallest absolute Gasteiger partial charge is 0.476 e. The third-order valence-corrected chi connectivity index (χ3v) is 6.31. The van der Waals surface area contributed by atoms with E-state index in [0.29, 0.717) is 6.54 Å². The van der Waals surface area contributed by atoms with Gasteiger partial charge in [0.15, 0.2) is 0 Å². The van der Waals surface area contributed by atoms with E-state index in [1.54, 1.807) is 0 Å². The molecule has 0 fully saturated rings. The number of nitrogens with one attached hydrogen (secondary N) is 1. The predicted molar refractivity (Wildman–Crippen MR) is 122 cm³/mol. The van der Waals surface area contributed by atoms with Crippen LogP contribution in [0, 0.1) is 29.1 Å². The van der Waals surface area contributed by atoms with Crippen molar-refractivity contribution in [2.75, 3.05) is 26.5 Å². The number of allylic oxidation sites excluding steroid dienone is 1. The van der Waals surface area contributed by atoms with Crippen LogP contribution in [0.4, 0.5) is 0 Å². The fourth-order valence-electron chi connectivity index (χ4n) is 3.54. The van der Waals surface area contributed by atoms with Crippen LogP contribution >= 0.6 is 7.82 Å². The topological polar surface area (TPSA) is 97.3 Å². The molecule has 0 aliphatic carbocycles. The van der Waals surface area contributed by atoms with Gasteiger partial charge in [0.05, 0.1) is 13.2 Å². The lowest BCUT2D eigenvalue weighted by molar-refractivity contribution is -0.136. The highest BCUT2D eigenvalue weighted by Crippen LogP contribution is 2.50. The summed E-state index contributed by atoms with van der Waals surface area (Å²) in [4.78, 5) is 12.4. The number of carboxylic acid groups (broad SMARTS) is 1. The molecule has 0 saturated carbocycles. The molecule has 0 spiro atoms. The van der Waals surface area contributed by atoms with Crippen molar-refractivity contribution in [2.45, 2.75) is 68.7 Å². The minimum absolute atomic E-state index is 0.102. The molecule has 0 amide bonds. The van der Waals surface area contributed by atoms with Crippen LogP contribution in [0.5, 0.6) is 0 Å². The molecule has 0 aromatic heterocycles. The summed E-state index contributed by atoms with van der Waals surface area (Å²) >= 11 is 0. The monoisotopic (exact) mass is 462 g/mol. The maximum absolute atomic E-state index is 13.2. The first-order valence-electron chi connectivity index (χ1n) is 11.2. The minimum atomic E-state index is -3.86. The van der Waals surface area contributed by atoms with Gasteiger partial charge in [0.2, 0.25) is 0 Å². The standard InChI is InChI=1S/C22H43N2O6P/c1-15(2)12-28-31(27,29-13-16(3)4)30-14-24-20(21(25)26)19(22(7,8)9)18(17(5)6)10-11-23-24/h15-18,23H,10-14H2,1-9H3,(H,25,26). The van der Waals surface area contributed by atoms with Gasteiger partial charge in [-0.25, -0.2) is 14.8 Å². The molecule has 0 aromatic rings. The van der Waals surface area contributed by atoms with Crippen LogP contribution in [0.15, 0.2) is 11.3 Å². The van der Waals surface area contributed by atoms with E-state index < -0.39 is 13.8 Å². The quantitative estimate of drug-likeness (QED) is 0.400. The van der Waals surface area contributed by atoms with E-state index >= 15 is 0 Å². The summed E-state index contributed by atoms with van der Waals surface area (Å²) in [5.41, 5.74) is 3.77. The Hall–Kier alpha value is -0.920. The van der Waals surface area contributed by atoms with Crippen molar-refractivity contribution in [1.29, 1.82) is 0 Å². The second kappa shape index (κ2) is 11.8. The Labute approximate surface area is 188 Å². The Kier molecular flexibility index (Phi) is 10.7. The molecule has 0 radical (unpaired) electrons. The van der Waals surface area contributed by atoms with Crippen LogP contribution in [-0.4, -0.2) is 42.6 Å². The maximum atomic E-state index is 13.2. The lowest BCUT2D eigenvalue weighted by Crippen LogP contribution is -2.42. The molecule has 8 nitrogen and oxygen atoms in total. The van der Waals surface area contributed by atoms with Crippen LogP contribution in [0.25, 0.3) is 0 Å². The van der Waals surface area contributed by atoms with Gasteiger partial charge in [-0.3, -0.25) is 18.6 Å². The van der Waals surface area contributed by atoms with Gasteiger partial charge in [-0.15, -0.1) is 0 Å². The molecule has 1 unspecified atom stereocenters. The van der Waals surface area contributed by atoms with Crippen LogP contribution in [0.3, 0.4) is 0 Å². The lowest BCUT2D eigenvalue weighted by atomic mass is 9.72. The van der Waals surface area contributed by atoms with Crippen LogP contribution in [0.1, 0.15) is 68.7 Å². The first-order chi connectivity index (χ1) is 14.2. The summed E-state index contributed by atoms with van der Waals surface area (Å²) in [7, 11) is -3.86. The Bertz CT molecular complexity index is 653. The fraction of sp³-hybridized carbons (Fsp3) is 0.864. The zero-order chi connectivity index (χ0) is 24.0. The Morgan fingerprint density at radius 2 is 1.61 bits per heavy atom. The third-order valence-electron chi connectivity index (χ3n) is 4.95. The van der Waals surface area contributed by atoms with Gasteiger partial charge in [-0.2, -0.15) is 0 Å². The summed E-state index contributed by atoms with van der Waals surface area (Å²) in [5.74, 6) is -0.380. The van der Waals surface area contributed by atoms with Crippen molar-refractivity contribution in [1.82, 2.24) is 10.4 Å². The van der Waals surface area contributed by atoms with Crippen LogP contribution < -0.4 is 5.43 Å². The number of phosphoric ester groups is 1. The fourth-order valence-corrected chi connectivity index (χ4v) is 4.98. The molecule has 182 valence electrons. The summed E-state index contributed by atoms with van der Waals surface area (Å²) in [5, 5.41) is 11.6. The number of nitrogens with zero attached hydrogens (tertiary/aromatic N) is 1. The van der Waals surface area contributed by atoms with Crippen molar-refractivity contribution in [3.8, 4) is 0 Å². The van der Waals surface area contributed by atoms with E-state index in [1.165, 1.54) is 5.01 Å². The van der Waals surface area contributed by atoms with E-state index in [0.717, 1.165) is 12.0 Å². The molecule has 0 aromatic carbocycles. The van der Waals surface area contributed by atoms with Crippen molar-refractivity contribution in [2.24, 2.45) is 29.1 Å². The lowest BCUT2D eigenvalue weighted by Gasteiger charge is -2.35. The number of carbonyl (C=O) groups is 1. The van der Waals surface area contributed by atoms with Crippen molar-refractivity contribution >= 4 is 13.8 Å². The number of hydrazine groups is 1. The normalized spacial score (nSPS) is 19.0. The van der Waals surface area contributed by atoms with Crippen molar-refractivity contribution < 1.29 is 28.0 Å². The van der Waals surface area contributed by atoms with Gasteiger partial charge in [0, 0.05) is 6.54 Å². The van der Waals surface area contributed by atoms with Crippen LogP contribution in [-0.2, 0) is 22.9 Å². The molecule has 1 rings (SSSR count). The van der Waals surface area contributed by atoms with Gasteiger partial charge in [-0.05, 0) is 41.1 Å². The summed E-state index contributed by atoms with van der Waals surface area (Å²) < 4.78 is 29.8. The SMILES string of the molecule is CC(C)COP(=O)(OCC(C)C)OCN1NCCC(C(C)C)C(C(C)(C)C)=C1C(=O)O. The summed E-state index contributed by atoms with van der Waals surface area (Å²) in [6.45, 7) is 18.8. The average molecular weight is 463 g/mol. The van der Waals surface area contributed by atoms with E-state index in [9.17, 15) is 14.5 Å². The average Bonchev–Trinajstić information content (AvgIpc) is 2.83. The molecule has 2 N–H and O–H groups in total. The second-order valence-electron chi connectivity index (χ2n) is 10.4. The third kappa shape index (κ3) is 8.85. The summed E-state index contributed by atoms with van der Waals surface area (Å²) in [6, 6.07) is 0. The molecular weight excluding hydrogens is 419 g/mol. The Morgan fingerprint density at radius 3 is 2.00 bits per heavy atom. The van der Waals surface area contributed by atoms with E-state index in [2.05, 4.69) is 19.3 Å². The number of phosphoric acid groups is 1. The Balaban J connectivity index is 3.25. The zero-order valence-electron chi connectivity index (χ0n) is 20.7. The Morgan fingerprint density at radius 1 is 1.10 bits per heavy atom. The van der Waals surface area contributed by atoms with Crippen molar-refractivity contribution in [3.63, 3.8) is 0 Å². The second-order valence-corrected chi connectivity index (χ2v) is 12.0. The maximum Gasteiger partial charge on any atom is 0.476 e.